The van der Waals surface area contributed by atoms with Crippen molar-refractivity contribution in [3.63, 3.8) is 0 Å². The minimum Gasteiger partial charge on any atom is -0.310 e. The Labute approximate surface area is 195 Å². The maximum Gasteiger partial charge on any atom is 0.247 e. The molecule has 1 saturated heterocycles. The number of para-hydroxylation sites is 1. The van der Waals surface area contributed by atoms with E-state index in [0.29, 0.717) is 44.6 Å². The largest absolute Gasteiger partial charge is 0.310 e. The average Bonchev–Trinajstić information content (AvgIpc) is 3.21. The second kappa shape index (κ2) is 8.91. The van der Waals surface area contributed by atoms with Crippen LogP contribution < -0.4 is 9.80 Å². The van der Waals surface area contributed by atoms with Gasteiger partial charge in [0, 0.05) is 37.4 Å². The molecule has 5 rings (SSSR count). The van der Waals surface area contributed by atoms with Crippen molar-refractivity contribution < 1.29 is 18.0 Å². The van der Waals surface area contributed by atoms with Gasteiger partial charge < -0.3 is 9.80 Å². The van der Waals surface area contributed by atoms with E-state index in [4.69, 9.17) is 0 Å². The summed E-state index contributed by atoms with van der Waals surface area (Å²) in [5, 5.41) is 0. The van der Waals surface area contributed by atoms with Gasteiger partial charge in [0.05, 0.1) is 4.90 Å². The number of hydrogen-bond donors (Lipinski definition) is 0. The number of carbonyl (C=O) groups is 2. The fraction of sp³-hybridized carbons (Fsp3) is 0.440. The van der Waals surface area contributed by atoms with Crippen LogP contribution in [0.15, 0.2) is 47.4 Å². The monoisotopic (exact) mass is 467 g/mol. The summed E-state index contributed by atoms with van der Waals surface area (Å²) in [7, 11) is -3.55. The van der Waals surface area contributed by atoms with Gasteiger partial charge in [0.25, 0.3) is 0 Å². The Balaban J connectivity index is 1.42. The van der Waals surface area contributed by atoms with Crippen molar-refractivity contribution in [3.8, 4) is 0 Å². The molecule has 1 fully saturated rings. The van der Waals surface area contributed by atoms with E-state index in [1.807, 2.05) is 24.3 Å². The van der Waals surface area contributed by atoms with Crippen molar-refractivity contribution in [3.05, 3.63) is 53.6 Å². The number of benzene rings is 2. The number of aryl methyl sites for hydroxylation is 1. The first-order valence-electron chi connectivity index (χ1n) is 11.8. The third-order valence-corrected chi connectivity index (χ3v) is 8.81. The van der Waals surface area contributed by atoms with Gasteiger partial charge in [-0.05, 0) is 67.5 Å². The first kappa shape index (κ1) is 22.1. The maximum absolute atomic E-state index is 13.2. The summed E-state index contributed by atoms with van der Waals surface area (Å²) in [4.78, 5) is 29.7. The Morgan fingerprint density at radius 1 is 0.818 bits per heavy atom. The Morgan fingerprint density at radius 2 is 1.61 bits per heavy atom. The molecule has 8 heteroatoms. The van der Waals surface area contributed by atoms with Crippen LogP contribution in [0.3, 0.4) is 0 Å². The highest BCUT2D eigenvalue weighted by Gasteiger charge is 2.31. The predicted octanol–water partition coefficient (Wildman–Crippen LogP) is 3.12. The number of hydrogen-bond acceptors (Lipinski definition) is 4. The average molecular weight is 468 g/mol. The molecule has 3 aliphatic heterocycles. The number of rotatable bonds is 4. The quantitative estimate of drug-likeness (QED) is 0.692. The summed E-state index contributed by atoms with van der Waals surface area (Å²) in [6.45, 7) is 1.67. The van der Waals surface area contributed by atoms with Crippen LogP contribution in [-0.4, -0.2) is 50.7 Å². The van der Waals surface area contributed by atoms with Crippen molar-refractivity contribution in [2.75, 3.05) is 36.0 Å². The molecule has 174 valence electrons. The molecule has 0 unspecified atom stereocenters. The number of sulfonamides is 1. The molecule has 2 aromatic rings. The second-order valence-corrected chi connectivity index (χ2v) is 11.0. The summed E-state index contributed by atoms with van der Waals surface area (Å²) < 4.78 is 27.9. The van der Waals surface area contributed by atoms with Crippen LogP contribution in [0.4, 0.5) is 11.4 Å². The van der Waals surface area contributed by atoms with Crippen molar-refractivity contribution in [1.29, 1.82) is 0 Å². The van der Waals surface area contributed by atoms with Crippen LogP contribution in [0, 0.1) is 0 Å². The van der Waals surface area contributed by atoms with E-state index in [2.05, 4.69) is 0 Å². The van der Waals surface area contributed by atoms with Gasteiger partial charge in [-0.1, -0.05) is 24.6 Å². The molecule has 3 aliphatic rings. The van der Waals surface area contributed by atoms with E-state index >= 15 is 0 Å². The zero-order valence-corrected chi connectivity index (χ0v) is 19.5. The van der Waals surface area contributed by atoms with E-state index in [9.17, 15) is 18.0 Å². The van der Waals surface area contributed by atoms with Gasteiger partial charge in [-0.15, -0.1) is 0 Å². The Hall–Kier alpha value is -2.71. The lowest BCUT2D eigenvalue weighted by Crippen LogP contribution is -2.42. The molecule has 33 heavy (non-hydrogen) atoms. The zero-order valence-electron chi connectivity index (χ0n) is 18.7. The minimum absolute atomic E-state index is 0.0433. The van der Waals surface area contributed by atoms with Crippen LogP contribution in [0.5, 0.6) is 0 Å². The number of fused-ring (bicyclic) bond motifs is 2. The van der Waals surface area contributed by atoms with Crippen LogP contribution in [0.2, 0.25) is 0 Å². The molecule has 0 bridgehead atoms. The molecule has 7 nitrogen and oxygen atoms in total. The molecule has 0 radical (unpaired) electrons. The first-order valence-corrected chi connectivity index (χ1v) is 13.2. The fourth-order valence-electron chi connectivity index (χ4n) is 5.13. The van der Waals surface area contributed by atoms with Crippen molar-refractivity contribution in [1.82, 2.24) is 4.31 Å². The summed E-state index contributed by atoms with van der Waals surface area (Å²) in [6, 6.07) is 12.9. The van der Waals surface area contributed by atoms with Gasteiger partial charge in [0.2, 0.25) is 21.8 Å². The summed E-state index contributed by atoms with van der Waals surface area (Å²) >= 11 is 0. The molecule has 2 amide bonds. The van der Waals surface area contributed by atoms with Gasteiger partial charge in [-0.3, -0.25) is 9.59 Å². The van der Waals surface area contributed by atoms with Gasteiger partial charge in [-0.2, -0.15) is 4.31 Å². The molecule has 0 atom stereocenters. The number of nitrogens with zero attached hydrogens (tertiary/aromatic N) is 3. The molecule has 0 N–H and O–H groups in total. The Bertz CT molecular complexity index is 1190. The highest BCUT2D eigenvalue weighted by Crippen LogP contribution is 2.32. The Morgan fingerprint density at radius 3 is 2.42 bits per heavy atom. The van der Waals surface area contributed by atoms with Crippen LogP contribution >= 0.6 is 0 Å². The highest BCUT2D eigenvalue weighted by atomic mass is 32.2. The summed E-state index contributed by atoms with van der Waals surface area (Å²) in [6.07, 6.45) is 5.22. The molecule has 0 aliphatic carbocycles. The van der Waals surface area contributed by atoms with Crippen LogP contribution in [0.25, 0.3) is 0 Å². The van der Waals surface area contributed by atoms with E-state index in [-0.39, 0.29) is 23.3 Å². The molecule has 0 spiro atoms. The van der Waals surface area contributed by atoms with Gasteiger partial charge >= 0.3 is 0 Å². The van der Waals surface area contributed by atoms with E-state index in [1.54, 1.807) is 32.3 Å². The van der Waals surface area contributed by atoms with E-state index in [0.717, 1.165) is 42.5 Å². The minimum atomic E-state index is -3.55. The standard InChI is InChI=1S/C25H29N3O4S/c29-24-10-6-8-20-17-21(33(31,32)26-14-4-1-5-15-26)11-12-23(20)28(24)18-25(30)27-16-13-19-7-2-3-9-22(19)27/h2-3,7,9,11-12,17H,1,4-6,8,10,13-16,18H2. The Kier molecular flexibility index (Phi) is 5.97. The fourth-order valence-corrected chi connectivity index (χ4v) is 6.70. The number of carbonyl (C=O) groups excluding carboxylic acids is 2. The van der Waals surface area contributed by atoms with Crippen LogP contribution in [0.1, 0.15) is 43.2 Å². The lowest BCUT2D eigenvalue weighted by atomic mass is 10.1. The first-order chi connectivity index (χ1) is 15.9. The highest BCUT2D eigenvalue weighted by molar-refractivity contribution is 7.89. The van der Waals surface area contributed by atoms with Crippen LogP contribution in [-0.2, 0) is 32.5 Å². The predicted molar refractivity (Wildman–Crippen MR) is 127 cm³/mol. The smallest absolute Gasteiger partial charge is 0.247 e. The molecule has 3 heterocycles. The number of piperidine rings is 1. The third-order valence-electron chi connectivity index (χ3n) is 6.91. The van der Waals surface area contributed by atoms with Gasteiger partial charge in [-0.25, -0.2) is 8.42 Å². The van der Waals surface area contributed by atoms with E-state index in [1.165, 1.54) is 0 Å². The van der Waals surface area contributed by atoms with Crippen molar-refractivity contribution >= 4 is 33.2 Å². The van der Waals surface area contributed by atoms with Crippen molar-refractivity contribution in [2.24, 2.45) is 0 Å². The molecular weight excluding hydrogens is 438 g/mol. The zero-order chi connectivity index (χ0) is 23.0. The summed E-state index contributed by atoms with van der Waals surface area (Å²) in [5.41, 5.74) is 3.51. The van der Waals surface area contributed by atoms with E-state index < -0.39 is 10.0 Å². The normalized spacial score (nSPS) is 19.2. The maximum atomic E-state index is 13.2. The third kappa shape index (κ3) is 4.17. The topological polar surface area (TPSA) is 78.0 Å². The van der Waals surface area contributed by atoms with Gasteiger partial charge in [0.15, 0.2) is 0 Å². The lowest BCUT2D eigenvalue weighted by Gasteiger charge is -2.28. The number of amides is 2. The SMILES string of the molecule is O=C(CN1C(=O)CCCc2cc(S(=O)(=O)N3CCCCC3)ccc21)N1CCc2ccccc21. The second-order valence-electron chi connectivity index (χ2n) is 9.01. The summed E-state index contributed by atoms with van der Waals surface area (Å²) in [5.74, 6) is -0.215. The lowest BCUT2D eigenvalue weighted by molar-refractivity contribution is -0.122. The molecule has 0 saturated carbocycles. The van der Waals surface area contributed by atoms with Gasteiger partial charge in [0.1, 0.15) is 6.54 Å². The molecule has 2 aromatic carbocycles. The van der Waals surface area contributed by atoms with Crippen molar-refractivity contribution in [2.45, 2.75) is 49.8 Å². The molecule has 0 aromatic heterocycles. The number of anilines is 2. The molecular formula is C25H29N3O4S.